The average molecular weight is 276 g/mol. The third kappa shape index (κ3) is 2.03. The largest absolute Gasteiger partial charge is 0.480 e. The Hall–Kier alpha value is -1.46. The Morgan fingerprint density at radius 3 is 2.79 bits per heavy atom. The number of carbonyl (C=O) groups is 1. The van der Waals surface area contributed by atoms with Crippen molar-refractivity contribution in [2.45, 2.75) is 30.0 Å². The highest BCUT2D eigenvalue weighted by atomic mass is 32.2. The van der Waals surface area contributed by atoms with E-state index in [2.05, 4.69) is 16.4 Å². The first-order valence-electron chi connectivity index (χ1n) is 6.22. The molecule has 1 aliphatic rings. The van der Waals surface area contributed by atoms with Gasteiger partial charge in [-0.1, -0.05) is 18.2 Å². The number of hydrogen-bond acceptors (Lipinski definition) is 3. The third-order valence-corrected chi connectivity index (χ3v) is 5.05. The van der Waals surface area contributed by atoms with Crippen LogP contribution in [-0.4, -0.2) is 26.8 Å². The minimum atomic E-state index is -0.792. The van der Waals surface area contributed by atoms with Crippen LogP contribution in [0, 0.1) is 0 Å². The Morgan fingerprint density at radius 2 is 2.11 bits per heavy atom. The molecule has 0 aliphatic carbocycles. The van der Waals surface area contributed by atoms with E-state index in [1.54, 1.807) is 11.8 Å². The number of aromatic nitrogens is 1. The average Bonchev–Trinajstić information content (AvgIpc) is 2.89. The Labute approximate surface area is 115 Å². The molecule has 1 aromatic carbocycles. The maximum Gasteiger partial charge on any atom is 0.322 e. The minimum Gasteiger partial charge on any atom is -0.480 e. The molecule has 2 aromatic rings. The molecule has 0 unspecified atom stereocenters. The molecule has 1 aliphatic heterocycles. The molecule has 5 heteroatoms. The van der Waals surface area contributed by atoms with Crippen molar-refractivity contribution in [2.24, 2.45) is 0 Å². The lowest BCUT2D eigenvalue weighted by molar-refractivity contribution is -0.139. The lowest BCUT2D eigenvalue weighted by Crippen LogP contribution is -2.43. The van der Waals surface area contributed by atoms with Crippen molar-refractivity contribution in [1.29, 1.82) is 0 Å². The second-order valence-corrected chi connectivity index (χ2v) is 7.09. The van der Waals surface area contributed by atoms with Crippen molar-refractivity contribution in [2.75, 3.05) is 0 Å². The van der Waals surface area contributed by atoms with E-state index < -0.39 is 12.0 Å². The van der Waals surface area contributed by atoms with E-state index in [9.17, 15) is 9.90 Å². The lowest BCUT2D eigenvalue weighted by atomic mass is 10.0. The predicted octanol–water partition coefficient (Wildman–Crippen LogP) is 2.73. The Morgan fingerprint density at radius 1 is 1.37 bits per heavy atom. The number of rotatable bonds is 2. The summed E-state index contributed by atoms with van der Waals surface area (Å²) in [6, 6.07) is 7.54. The van der Waals surface area contributed by atoms with Crippen LogP contribution < -0.4 is 5.32 Å². The second kappa shape index (κ2) is 4.28. The van der Waals surface area contributed by atoms with Gasteiger partial charge >= 0.3 is 5.97 Å². The number of para-hydroxylation sites is 1. The normalized spacial score (nSPS) is 25.8. The molecule has 2 heterocycles. The molecular formula is C14H16N2O2S. The number of aliphatic carboxylic acids is 1. The molecule has 1 aromatic heterocycles. The second-order valence-electron chi connectivity index (χ2n) is 5.33. The van der Waals surface area contributed by atoms with Crippen LogP contribution in [0.1, 0.15) is 24.8 Å². The van der Waals surface area contributed by atoms with Crippen LogP contribution in [0.2, 0.25) is 0 Å². The van der Waals surface area contributed by atoms with Gasteiger partial charge in [-0.3, -0.25) is 10.1 Å². The van der Waals surface area contributed by atoms with E-state index in [1.807, 2.05) is 38.2 Å². The Balaban J connectivity index is 1.98. The number of nitrogens with one attached hydrogen (secondary N) is 2. The lowest BCUT2D eigenvalue weighted by Gasteiger charge is -2.20. The van der Waals surface area contributed by atoms with E-state index in [0.717, 1.165) is 16.5 Å². The maximum absolute atomic E-state index is 11.3. The van der Waals surface area contributed by atoms with Gasteiger partial charge in [0.15, 0.2) is 0 Å². The first-order valence-corrected chi connectivity index (χ1v) is 7.10. The molecular weight excluding hydrogens is 260 g/mol. The SMILES string of the molecule is CC1(C)S[C@H](c2c[nH]c3ccccc23)N[C@@H]1C(=O)O. The summed E-state index contributed by atoms with van der Waals surface area (Å²) in [6.07, 6.45) is 1.97. The highest BCUT2D eigenvalue weighted by Crippen LogP contribution is 2.47. The standard InChI is InChI=1S/C14H16N2O2S/c1-14(2)11(13(17)18)16-12(19-14)9-7-15-10-6-4-3-5-8(9)10/h3-7,11-12,15-16H,1-2H3,(H,17,18)/t11-,12-/m1/s1. The van der Waals surface area contributed by atoms with Crippen molar-refractivity contribution in [1.82, 2.24) is 10.3 Å². The van der Waals surface area contributed by atoms with Crippen LogP contribution in [0.15, 0.2) is 30.5 Å². The number of fused-ring (bicyclic) bond motifs is 1. The van der Waals surface area contributed by atoms with Gasteiger partial charge in [-0.25, -0.2) is 0 Å². The highest BCUT2D eigenvalue weighted by molar-refractivity contribution is 8.01. The number of hydrogen-bond donors (Lipinski definition) is 3. The molecule has 100 valence electrons. The van der Waals surface area contributed by atoms with Gasteiger partial charge in [0.05, 0.1) is 5.37 Å². The van der Waals surface area contributed by atoms with Crippen molar-refractivity contribution in [3.63, 3.8) is 0 Å². The highest BCUT2D eigenvalue weighted by Gasteiger charge is 2.46. The molecule has 2 atom stereocenters. The fourth-order valence-corrected chi connectivity index (χ4v) is 4.03. The van der Waals surface area contributed by atoms with Gasteiger partial charge in [-0.2, -0.15) is 0 Å². The fourth-order valence-electron chi connectivity index (χ4n) is 2.59. The van der Waals surface area contributed by atoms with Crippen molar-refractivity contribution in [3.05, 3.63) is 36.0 Å². The number of carboxylic acids is 1. The van der Waals surface area contributed by atoms with Gasteiger partial charge in [-0.15, -0.1) is 11.8 Å². The van der Waals surface area contributed by atoms with E-state index in [4.69, 9.17) is 0 Å². The minimum absolute atomic E-state index is 0.00671. The zero-order chi connectivity index (χ0) is 13.6. The number of H-pyrrole nitrogens is 1. The monoisotopic (exact) mass is 276 g/mol. The molecule has 19 heavy (non-hydrogen) atoms. The summed E-state index contributed by atoms with van der Waals surface area (Å²) in [4.78, 5) is 14.5. The summed E-state index contributed by atoms with van der Waals surface area (Å²) in [5.74, 6) is -0.792. The van der Waals surface area contributed by atoms with Crippen LogP contribution in [0.5, 0.6) is 0 Å². The first kappa shape index (κ1) is 12.6. The summed E-state index contributed by atoms with van der Waals surface area (Å²) in [7, 11) is 0. The van der Waals surface area contributed by atoms with Gasteiger partial charge in [0.2, 0.25) is 0 Å². The quantitative estimate of drug-likeness (QED) is 0.789. The van der Waals surface area contributed by atoms with Gasteiger partial charge in [0.25, 0.3) is 0 Å². The number of carboxylic acid groups (broad SMARTS) is 1. The number of thioether (sulfide) groups is 1. The molecule has 1 saturated heterocycles. The van der Waals surface area contributed by atoms with E-state index in [0.29, 0.717) is 0 Å². The molecule has 0 radical (unpaired) electrons. The summed E-state index contributed by atoms with van der Waals surface area (Å²) < 4.78 is -0.325. The van der Waals surface area contributed by atoms with Crippen molar-refractivity contribution in [3.8, 4) is 0 Å². The summed E-state index contributed by atoms with van der Waals surface area (Å²) in [5, 5.41) is 13.7. The summed E-state index contributed by atoms with van der Waals surface area (Å²) in [5.41, 5.74) is 2.20. The van der Waals surface area contributed by atoms with Crippen molar-refractivity contribution < 1.29 is 9.90 Å². The summed E-state index contributed by atoms with van der Waals surface area (Å²) in [6.45, 7) is 3.94. The van der Waals surface area contributed by atoms with Gasteiger partial charge in [0.1, 0.15) is 6.04 Å². The van der Waals surface area contributed by atoms with Crippen LogP contribution >= 0.6 is 11.8 Å². The molecule has 1 fully saturated rings. The van der Waals surface area contributed by atoms with E-state index in [1.165, 1.54) is 0 Å². The zero-order valence-electron chi connectivity index (χ0n) is 10.8. The van der Waals surface area contributed by atoms with Gasteiger partial charge < -0.3 is 10.1 Å². The number of aromatic amines is 1. The molecule has 0 spiro atoms. The Bertz CT molecular complexity index is 635. The molecule has 4 nitrogen and oxygen atoms in total. The molecule has 0 bridgehead atoms. The van der Waals surface area contributed by atoms with Gasteiger partial charge in [-0.05, 0) is 19.9 Å². The summed E-state index contributed by atoms with van der Waals surface area (Å²) >= 11 is 1.66. The van der Waals surface area contributed by atoms with E-state index >= 15 is 0 Å². The van der Waals surface area contributed by atoms with Crippen LogP contribution in [0.25, 0.3) is 10.9 Å². The fraction of sp³-hybridized carbons (Fsp3) is 0.357. The number of benzene rings is 1. The molecule has 3 N–H and O–H groups in total. The predicted molar refractivity (Wildman–Crippen MR) is 77.3 cm³/mol. The molecule has 3 rings (SSSR count). The van der Waals surface area contributed by atoms with Crippen molar-refractivity contribution >= 4 is 28.6 Å². The van der Waals surface area contributed by atoms with Crippen LogP contribution in [0.4, 0.5) is 0 Å². The smallest absolute Gasteiger partial charge is 0.322 e. The first-order chi connectivity index (χ1) is 8.99. The van der Waals surface area contributed by atoms with Crippen LogP contribution in [-0.2, 0) is 4.79 Å². The molecule has 0 amide bonds. The molecule has 0 saturated carbocycles. The van der Waals surface area contributed by atoms with E-state index in [-0.39, 0.29) is 10.1 Å². The topological polar surface area (TPSA) is 65.1 Å². The Kier molecular flexibility index (Phi) is 2.83. The van der Waals surface area contributed by atoms with Gasteiger partial charge in [0, 0.05) is 27.4 Å². The van der Waals surface area contributed by atoms with Crippen LogP contribution in [0.3, 0.4) is 0 Å². The zero-order valence-corrected chi connectivity index (χ0v) is 11.6. The maximum atomic E-state index is 11.3. The third-order valence-electron chi connectivity index (χ3n) is 3.59.